The van der Waals surface area contributed by atoms with E-state index in [1.165, 1.54) is 13.2 Å². The lowest BCUT2D eigenvalue weighted by atomic mass is 10.2. The van der Waals surface area contributed by atoms with Crippen LogP contribution < -0.4 is 10.1 Å². The Labute approximate surface area is 119 Å². The van der Waals surface area contributed by atoms with Gasteiger partial charge in [-0.3, -0.25) is 14.9 Å². The first-order valence-electron chi connectivity index (χ1n) is 5.90. The van der Waals surface area contributed by atoms with Crippen molar-refractivity contribution in [2.75, 3.05) is 12.4 Å². The summed E-state index contributed by atoms with van der Waals surface area (Å²) in [5.41, 5.74) is -0.147. The highest BCUT2D eigenvalue weighted by Gasteiger charge is 2.15. The zero-order valence-electron chi connectivity index (χ0n) is 11.0. The van der Waals surface area contributed by atoms with Gasteiger partial charge in [0.25, 0.3) is 5.91 Å². The van der Waals surface area contributed by atoms with E-state index >= 15 is 0 Å². The fraction of sp³-hybridized carbons (Fsp3) is 0.0714. The lowest BCUT2D eigenvalue weighted by molar-refractivity contribution is -0.387. The van der Waals surface area contributed by atoms with Gasteiger partial charge in [0.2, 0.25) is 5.82 Å². The minimum atomic E-state index is -1.01. The van der Waals surface area contributed by atoms with E-state index in [4.69, 9.17) is 4.74 Å². The average Bonchev–Trinajstić information content (AvgIpc) is 2.47. The number of hydrogen-bond donors (Lipinski definition) is 1. The smallest absolute Gasteiger partial charge is 0.304 e. The minimum Gasteiger partial charge on any atom is -0.497 e. The summed E-state index contributed by atoms with van der Waals surface area (Å²) in [6.07, 6.45) is 0. The Kier molecular flexibility index (Phi) is 4.13. The molecule has 2 aromatic carbocycles. The number of carbonyl (C=O) groups excluding carboxylic acids is 1. The number of amides is 1. The van der Waals surface area contributed by atoms with Crippen molar-refractivity contribution in [3.8, 4) is 5.75 Å². The largest absolute Gasteiger partial charge is 0.497 e. The summed E-state index contributed by atoms with van der Waals surface area (Å²) in [5, 5.41) is 13.0. The number of ether oxygens (including phenoxy) is 1. The molecule has 21 heavy (non-hydrogen) atoms. The average molecular weight is 290 g/mol. The van der Waals surface area contributed by atoms with E-state index in [2.05, 4.69) is 5.32 Å². The molecule has 2 aromatic rings. The number of anilines is 1. The summed E-state index contributed by atoms with van der Waals surface area (Å²) in [4.78, 5) is 21.6. The van der Waals surface area contributed by atoms with Crippen molar-refractivity contribution in [2.24, 2.45) is 0 Å². The van der Waals surface area contributed by atoms with Gasteiger partial charge in [-0.05, 0) is 30.3 Å². The van der Waals surface area contributed by atoms with Crippen molar-refractivity contribution in [2.45, 2.75) is 0 Å². The van der Waals surface area contributed by atoms with Crippen LogP contribution in [-0.2, 0) is 0 Å². The number of methoxy groups -OCH3 is 1. The van der Waals surface area contributed by atoms with E-state index in [0.717, 1.165) is 12.1 Å². The van der Waals surface area contributed by atoms with Gasteiger partial charge in [-0.2, -0.15) is 4.39 Å². The standard InChI is InChI=1S/C14H11FN2O4/c1-21-11-5-2-9(3-6-11)14(18)16-10-4-7-13(17(19)20)12(15)8-10/h2-8H,1H3,(H,16,18). The van der Waals surface area contributed by atoms with Gasteiger partial charge in [-0.1, -0.05) is 0 Å². The first kappa shape index (κ1) is 14.4. The molecule has 6 nitrogen and oxygen atoms in total. The Morgan fingerprint density at radius 1 is 1.24 bits per heavy atom. The van der Waals surface area contributed by atoms with Gasteiger partial charge in [-0.25, -0.2) is 0 Å². The van der Waals surface area contributed by atoms with Gasteiger partial charge < -0.3 is 10.1 Å². The molecule has 0 aliphatic rings. The van der Waals surface area contributed by atoms with Crippen molar-refractivity contribution in [1.82, 2.24) is 0 Å². The topological polar surface area (TPSA) is 81.5 Å². The van der Waals surface area contributed by atoms with Crippen LogP contribution in [0, 0.1) is 15.9 Å². The fourth-order valence-electron chi connectivity index (χ4n) is 1.68. The minimum absolute atomic E-state index is 0.138. The van der Waals surface area contributed by atoms with Crippen LogP contribution in [0.3, 0.4) is 0 Å². The normalized spacial score (nSPS) is 10.0. The number of nitrogens with one attached hydrogen (secondary N) is 1. The first-order valence-corrected chi connectivity index (χ1v) is 5.90. The summed E-state index contributed by atoms with van der Waals surface area (Å²) >= 11 is 0. The molecule has 0 aliphatic carbocycles. The molecule has 0 spiro atoms. The molecule has 0 unspecified atom stereocenters. The molecule has 108 valence electrons. The zero-order valence-corrected chi connectivity index (χ0v) is 11.0. The highest BCUT2D eigenvalue weighted by atomic mass is 19.1. The molecule has 1 amide bonds. The van der Waals surface area contributed by atoms with E-state index in [0.29, 0.717) is 11.3 Å². The number of hydrogen-bond acceptors (Lipinski definition) is 4. The van der Waals surface area contributed by atoms with Gasteiger partial charge in [0, 0.05) is 23.4 Å². The molecule has 0 radical (unpaired) electrons. The van der Waals surface area contributed by atoms with E-state index < -0.39 is 22.3 Å². The molecule has 0 saturated carbocycles. The van der Waals surface area contributed by atoms with Crippen LogP contribution in [0.2, 0.25) is 0 Å². The Morgan fingerprint density at radius 2 is 1.90 bits per heavy atom. The highest BCUT2D eigenvalue weighted by molar-refractivity contribution is 6.04. The van der Waals surface area contributed by atoms with Gasteiger partial charge in [-0.15, -0.1) is 0 Å². The van der Waals surface area contributed by atoms with Crippen molar-refractivity contribution < 1.29 is 18.8 Å². The van der Waals surface area contributed by atoms with Crippen LogP contribution >= 0.6 is 0 Å². The second kappa shape index (κ2) is 6.00. The number of nitro benzene ring substituents is 1. The van der Waals surface area contributed by atoms with Crippen LogP contribution in [0.5, 0.6) is 5.75 Å². The second-order valence-corrected chi connectivity index (χ2v) is 4.11. The van der Waals surface area contributed by atoms with Crippen LogP contribution in [0.1, 0.15) is 10.4 Å². The predicted molar refractivity (Wildman–Crippen MR) is 74.0 cm³/mol. The van der Waals surface area contributed by atoms with Gasteiger partial charge >= 0.3 is 5.69 Å². The molecule has 2 rings (SSSR count). The molecule has 1 N–H and O–H groups in total. The highest BCUT2D eigenvalue weighted by Crippen LogP contribution is 2.21. The number of halogens is 1. The maximum Gasteiger partial charge on any atom is 0.304 e. The monoisotopic (exact) mass is 290 g/mol. The maximum absolute atomic E-state index is 13.4. The molecule has 7 heteroatoms. The Morgan fingerprint density at radius 3 is 2.43 bits per heavy atom. The van der Waals surface area contributed by atoms with Crippen LogP contribution in [0.4, 0.5) is 15.8 Å². The summed E-state index contributed by atoms with van der Waals surface area (Å²) in [7, 11) is 1.51. The number of nitro groups is 1. The van der Waals surface area contributed by atoms with E-state index in [9.17, 15) is 19.3 Å². The van der Waals surface area contributed by atoms with E-state index in [1.807, 2.05) is 0 Å². The van der Waals surface area contributed by atoms with Crippen LogP contribution in [0.15, 0.2) is 42.5 Å². The summed E-state index contributed by atoms with van der Waals surface area (Å²) < 4.78 is 18.4. The lowest BCUT2D eigenvalue weighted by Gasteiger charge is -2.06. The molecule has 0 bridgehead atoms. The first-order chi connectivity index (χ1) is 10.0. The predicted octanol–water partition coefficient (Wildman–Crippen LogP) is 2.99. The van der Waals surface area contributed by atoms with Gasteiger partial charge in [0.1, 0.15) is 5.75 Å². The maximum atomic E-state index is 13.4. The van der Waals surface area contributed by atoms with Crippen molar-refractivity contribution >= 4 is 17.3 Å². The van der Waals surface area contributed by atoms with Crippen molar-refractivity contribution in [3.05, 3.63) is 64.0 Å². The summed E-state index contributed by atoms with van der Waals surface area (Å²) in [5.74, 6) is -0.855. The van der Waals surface area contributed by atoms with E-state index in [1.54, 1.807) is 24.3 Å². The number of rotatable bonds is 4. The quantitative estimate of drug-likeness (QED) is 0.693. The van der Waals surface area contributed by atoms with Crippen molar-refractivity contribution in [3.63, 3.8) is 0 Å². The molecule has 0 aromatic heterocycles. The summed E-state index contributed by atoms with van der Waals surface area (Å²) in [6.45, 7) is 0. The summed E-state index contributed by atoms with van der Waals surface area (Å²) in [6, 6.07) is 9.50. The van der Waals surface area contributed by atoms with Gasteiger partial charge in [0.15, 0.2) is 0 Å². The van der Waals surface area contributed by atoms with Gasteiger partial charge in [0.05, 0.1) is 12.0 Å². The number of nitrogens with zero attached hydrogens (tertiary/aromatic N) is 1. The number of benzene rings is 2. The molecule has 0 saturated heterocycles. The van der Waals surface area contributed by atoms with E-state index in [-0.39, 0.29) is 5.69 Å². The third kappa shape index (κ3) is 3.33. The second-order valence-electron chi connectivity index (χ2n) is 4.11. The molecule has 0 fully saturated rings. The number of carbonyl (C=O) groups is 1. The van der Waals surface area contributed by atoms with Crippen LogP contribution in [0.25, 0.3) is 0 Å². The third-order valence-corrected chi connectivity index (χ3v) is 2.75. The molecular weight excluding hydrogens is 279 g/mol. The molecule has 0 aliphatic heterocycles. The molecule has 0 heterocycles. The Balaban J connectivity index is 2.15. The Hall–Kier alpha value is -2.96. The SMILES string of the molecule is COc1ccc(C(=O)Nc2ccc([N+](=O)[O-])c(F)c2)cc1. The molecular formula is C14H11FN2O4. The lowest BCUT2D eigenvalue weighted by Crippen LogP contribution is -2.12. The zero-order chi connectivity index (χ0) is 15.4. The molecule has 0 atom stereocenters. The van der Waals surface area contributed by atoms with Crippen LogP contribution in [-0.4, -0.2) is 17.9 Å². The Bertz CT molecular complexity index is 686. The fourth-order valence-corrected chi connectivity index (χ4v) is 1.68. The van der Waals surface area contributed by atoms with Crippen molar-refractivity contribution in [1.29, 1.82) is 0 Å². The third-order valence-electron chi connectivity index (χ3n) is 2.75.